The number of anilines is 1. The first-order valence-corrected chi connectivity index (χ1v) is 7.36. The number of benzene rings is 1. The van der Waals surface area contributed by atoms with Crippen LogP contribution in [-0.4, -0.2) is 11.2 Å². The smallest absolute Gasteiger partial charge is 0.171 e. The molecule has 0 atom stereocenters. The first-order chi connectivity index (χ1) is 8.79. The highest BCUT2D eigenvalue weighted by Crippen LogP contribution is 2.15. The molecular formula is C16H26N2S. The predicted octanol–water partition coefficient (Wildman–Crippen LogP) is 4.27. The molecule has 19 heavy (non-hydrogen) atoms. The van der Waals surface area contributed by atoms with E-state index in [1.807, 2.05) is 0 Å². The standard InChI is InChI=1S/C16H26N2S/c1-10(2)15(11(3)4)18-16(19)17-14-8-12(5)7-13(6)9-14/h7-11,15H,1-6H3,(H2,17,18,19). The minimum atomic E-state index is 0.394. The van der Waals surface area contributed by atoms with Crippen LogP contribution in [0.3, 0.4) is 0 Å². The van der Waals surface area contributed by atoms with E-state index in [2.05, 4.69) is 70.4 Å². The average molecular weight is 278 g/mol. The van der Waals surface area contributed by atoms with Gasteiger partial charge in [0.15, 0.2) is 5.11 Å². The molecule has 0 saturated carbocycles. The fourth-order valence-electron chi connectivity index (χ4n) is 2.47. The Morgan fingerprint density at radius 3 is 1.84 bits per heavy atom. The molecule has 0 unspecified atom stereocenters. The lowest BCUT2D eigenvalue weighted by atomic mass is 9.93. The average Bonchev–Trinajstić information content (AvgIpc) is 2.23. The number of aryl methyl sites for hydroxylation is 2. The lowest BCUT2D eigenvalue weighted by Gasteiger charge is -2.27. The van der Waals surface area contributed by atoms with Crippen molar-refractivity contribution in [1.82, 2.24) is 5.32 Å². The summed E-state index contributed by atoms with van der Waals surface area (Å²) in [5.41, 5.74) is 3.55. The van der Waals surface area contributed by atoms with E-state index < -0.39 is 0 Å². The topological polar surface area (TPSA) is 24.1 Å². The Labute approximate surface area is 123 Å². The lowest BCUT2D eigenvalue weighted by molar-refractivity contribution is 0.356. The fourth-order valence-corrected chi connectivity index (χ4v) is 2.72. The Hall–Kier alpha value is -1.09. The van der Waals surface area contributed by atoms with Gasteiger partial charge in [-0.2, -0.15) is 0 Å². The molecule has 0 aliphatic rings. The van der Waals surface area contributed by atoms with Crippen LogP contribution < -0.4 is 10.6 Å². The van der Waals surface area contributed by atoms with Gasteiger partial charge in [0, 0.05) is 11.7 Å². The van der Waals surface area contributed by atoms with Crippen LogP contribution in [-0.2, 0) is 0 Å². The number of hydrogen-bond acceptors (Lipinski definition) is 1. The molecule has 0 spiro atoms. The minimum absolute atomic E-state index is 0.394. The largest absolute Gasteiger partial charge is 0.359 e. The highest BCUT2D eigenvalue weighted by molar-refractivity contribution is 7.80. The minimum Gasteiger partial charge on any atom is -0.359 e. The third-order valence-corrected chi connectivity index (χ3v) is 3.43. The summed E-state index contributed by atoms with van der Waals surface area (Å²) >= 11 is 5.42. The second kappa shape index (κ2) is 6.90. The molecule has 0 aromatic heterocycles. The highest BCUT2D eigenvalue weighted by atomic mass is 32.1. The highest BCUT2D eigenvalue weighted by Gasteiger charge is 2.18. The van der Waals surface area contributed by atoms with Crippen LogP contribution in [0.1, 0.15) is 38.8 Å². The number of thiocarbonyl (C=S) groups is 1. The Kier molecular flexibility index (Phi) is 5.80. The summed E-state index contributed by atoms with van der Waals surface area (Å²) in [5.74, 6) is 1.11. The molecule has 0 amide bonds. The van der Waals surface area contributed by atoms with Crippen LogP contribution in [0.25, 0.3) is 0 Å². The summed E-state index contributed by atoms with van der Waals surface area (Å²) < 4.78 is 0. The Morgan fingerprint density at radius 2 is 1.42 bits per heavy atom. The van der Waals surface area contributed by atoms with Crippen molar-refractivity contribution in [2.45, 2.75) is 47.6 Å². The Bertz CT molecular complexity index is 410. The summed E-state index contributed by atoms with van der Waals surface area (Å²) in [7, 11) is 0. The SMILES string of the molecule is Cc1cc(C)cc(NC(=S)NC(C(C)C)C(C)C)c1. The zero-order valence-corrected chi connectivity index (χ0v) is 13.7. The van der Waals surface area contributed by atoms with Crippen LogP contribution in [0, 0.1) is 25.7 Å². The van der Waals surface area contributed by atoms with Gasteiger partial charge in [-0.25, -0.2) is 0 Å². The van der Waals surface area contributed by atoms with E-state index in [0.717, 1.165) is 5.69 Å². The van der Waals surface area contributed by atoms with Crippen LogP contribution in [0.5, 0.6) is 0 Å². The van der Waals surface area contributed by atoms with E-state index in [1.54, 1.807) is 0 Å². The van der Waals surface area contributed by atoms with Crippen molar-refractivity contribution in [1.29, 1.82) is 0 Å². The van der Waals surface area contributed by atoms with Crippen LogP contribution in [0.4, 0.5) is 5.69 Å². The molecule has 106 valence electrons. The van der Waals surface area contributed by atoms with Gasteiger partial charge in [-0.3, -0.25) is 0 Å². The van der Waals surface area contributed by atoms with Crippen LogP contribution in [0.15, 0.2) is 18.2 Å². The molecule has 2 nitrogen and oxygen atoms in total. The van der Waals surface area contributed by atoms with Crippen molar-refractivity contribution < 1.29 is 0 Å². The number of hydrogen-bond donors (Lipinski definition) is 2. The quantitative estimate of drug-likeness (QED) is 0.804. The van der Waals surface area contributed by atoms with Crippen LogP contribution >= 0.6 is 12.2 Å². The maximum Gasteiger partial charge on any atom is 0.171 e. The number of nitrogens with one attached hydrogen (secondary N) is 2. The van der Waals surface area contributed by atoms with E-state index in [9.17, 15) is 0 Å². The molecule has 2 N–H and O–H groups in total. The van der Waals surface area contributed by atoms with Gasteiger partial charge in [0.1, 0.15) is 0 Å². The van der Waals surface area contributed by atoms with E-state index >= 15 is 0 Å². The normalized spacial score (nSPS) is 11.2. The van der Waals surface area contributed by atoms with E-state index in [-0.39, 0.29) is 0 Å². The van der Waals surface area contributed by atoms with Gasteiger partial charge in [0.05, 0.1) is 0 Å². The molecule has 1 aromatic rings. The van der Waals surface area contributed by atoms with Crippen molar-refractivity contribution in [2.75, 3.05) is 5.32 Å². The summed E-state index contributed by atoms with van der Waals surface area (Å²) in [5, 5.41) is 7.41. The second-order valence-corrected chi connectivity index (χ2v) is 6.40. The van der Waals surface area contributed by atoms with Gasteiger partial charge in [0.2, 0.25) is 0 Å². The first-order valence-electron chi connectivity index (χ1n) is 6.95. The zero-order valence-electron chi connectivity index (χ0n) is 12.9. The molecule has 0 aliphatic carbocycles. The fraction of sp³-hybridized carbons (Fsp3) is 0.562. The maximum absolute atomic E-state index is 5.42. The molecule has 0 fully saturated rings. The van der Waals surface area contributed by atoms with Gasteiger partial charge in [-0.1, -0.05) is 33.8 Å². The van der Waals surface area contributed by atoms with Crippen molar-refractivity contribution in [3.63, 3.8) is 0 Å². The molecule has 0 aliphatic heterocycles. The third kappa shape index (κ3) is 5.19. The summed E-state index contributed by atoms with van der Waals surface area (Å²) in [6, 6.07) is 6.78. The molecule has 0 radical (unpaired) electrons. The first kappa shape index (κ1) is 16.0. The van der Waals surface area contributed by atoms with Gasteiger partial charge in [-0.05, 0) is 61.2 Å². The van der Waals surface area contributed by atoms with Crippen molar-refractivity contribution in [2.24, 2.45) is 11.8 Å². The molecule has 0 heterocycles. The molecule has 1 rings (SSSR count). The van der Waals surface area contributed by atoms with E-state index in [1.165, 1.54) is 11.1 Å². The Balaban J connectivity index is 2.69. The zero-order chi connectivity index (χ0) is 14.6. The molecule has 3 heteroatoms. The molecule has 0 bridgehead atoms. The van der Waals surface area contributed by atoms with E-state index in [0.29, 0.717) is 23.0 Å². The second-order valence-electron chi connectivity index (χ2n) is 5.99. The van der Waals surface area contributed by atoms with E-state index in [4.69, 9.17) is 12.2 Å². The third-order valence-electron chi connectivity index (χ3n) is 3.21. The lowest BCUT2D eigenvalue weighted by Crippen LogP contribution is -2.44. The Morgan fingerprint density at radius 1 is 0.947 bits per heavy atom. The maximum atomic E-state index is 5.42. The van der Waals surface area contributed by atoms with Gasteiger partial charge < -0.3 is 10.6 Å². The summed E-state index contributed by atoms with van der Waals surface area (Å²) in [4.78, 5) is 0. The van der Waals surface area contributed by atoms with Gasteiger partial charge >= 0.3 is 0 Å². The predicted molar refractivity (Wildman–Crippen MR) is 88.7 cm³/mol. The molecule has 1 aromatic carbocycles. The van der Waals surface area contributed by atoms with Crippen LogP contribution in [0.2, 0.25) is 0 Å². The monoisotopic (exact) mass is 278 g/mol. The molecule has 0 saturated heterocycles. The van der Waals surface area contributed by atoms with Crippen molar-refractivity contribution in [3.05, 3.63) is 29.3 Å². The van der Waals surface area contributed by atoms with Crippen molar-refractivity contribution >= 4 is 23.0 Å². The molecular weight excluding hydrogens is 252 g/mol. The summed E-state index contributed by atoms with van der Waals surface area (Å²) in [6.07, 6.45) is 0. The van der Waals surface area contributed by atoms with Gasteiger partial charge in [-0.15, -0.1) is 0 Å². The van der Waals surface area contributed by atoms with Gasteiger partial charge in [0.25, 0.3) is 0 Å². The summed E-state index contributed by atoms with van der Waals surface area (Å²) in [6.45, 7) is 13.1. The van der Waals surface area contributed by atoms with Crippen molar-refractivity contribution in [3.8, 4) is 0 Å². The number of rotatable bonds is 4.